The van der Waals surface area contributed by atoms with Crippen molar-refractivity contribution in [1.29, 1.82) is 0 Å². The van der Waals surface area contributed by atoms with Crippen LogP contribution in [-0.2, 0) is 6.42 Å². The van der Waals surface area contributed by atoms with Crippen molar-refractivity contribution in [2.45, 2.75) is 25.3 Å². The Bertz CT molecular complexity index is 575. The lowest BCUT2D eigenvalue weighted by Crippen LogP contribution is -2.23. The second-order valence-electron chi connectivity index (χ2n) is 4.95. The number of nitrogens with zero attached hydrogens (tertiary/aromatic N) is 2. The lowest BCUT2D eigenvalue weighted by Gasteiger charge is -2.14. The van der Waals surface area contributed by atoms with E-state index in [9.17, 15) is 8.78 Å². The van der Waals surface area contributed by atoms with Crippen molar-refractivity contribution >= 4 is 10.9 Å². The molecule has 1 aliphatic carbocycles. The van der Waals surface area contributed by atoms with E-state index in [2.05, 4.69) is 22.1 Å². The predicted molar refractivity (Wildman–Crippen MR) is 65.4 cm³/mol. The summed E-state index contributed by atoms with van der Waals surface area (Å²) < 4.78 is 26.8. The number of fused-ring (bicyclic) bond motifs is 1. The van der Waals surface area contributed by atoms with E-state index in [0.29, 0.717) is 23.4 Å². The minimum absolute atomic E-state index is 0.358. The number of H-pyrrole nitrogens is 1. The van der Waals surface area contributed by atoms with Crippen molar-refractivity contribution in [3.05, 3.63) is 29.5 Å². The van der Waals surface area contributed by atoms with Crippen molar-refractivity contribution in [2.75, 3.05) is 13.6 Å². The van der Waals surface area contributed by atoms with Crippen LogP contribution in [0.5, 0.6) is 0 Å². The summed E-state index contributed by atoms with van der Waals surface area (Å²) in [6, 6.07) is 2.84. The third-order valence-corrected chi connectivity index (χ3v) is 3.53. The van der Waals surface area contributed by atoms with E-state index in [4.69, 9.17) is 0 Å². The smallest absolute Gasteiger partial charge is 0.137 e. The van der Waals surface area contributed by atoms with E-state index in [1.165, 1.54) is 18.9 Å². The largest absolute Gasteiger partial charge is 0.303 e. The number of likely N-dealkylation sites (N-methyl/N-ethyl adjacent to an activating group) is 1. The molecule has 0 saturated heterocycles. The lowest BCUT2D eigenvalue weighted by atomic mass is 10.1. The lowest BCUT2D eigenvalue weighted by molar-refractivity contribution is 0.327. The second-order valence-corrected chi connectivity index (χ2v) is 4.95. The van der Waals surface area contributed by atoms with Crippen molar-refractivity contribution in [2.24, 2.45) is 0 Å². The average molecular weight is 251 g/mol. The van der Waals surface area contributed by atoms with Gasteiger partial charge in [0.15, 0.2) is 0 Å². The number of nitrogens with one attached hydrogen (secondary N) is 1. The maximum absolute atomic E-state index is 13.7. The standard InChI is InChI=1S/C13H15F2N3/c1-18(9-2-3-9)5-4-11-13-10(15)6-8(14)7-12(13)17-16-11/h6-7,9H,2-5H2,1H3,(H,16,17). The summed E-state index contributed by atoms with van der Waals surface area (Å²) in [5.74, 6) is -1.13. The quantitative estimate of drug-likeness (QED) is 0.905. The van der Waals surface area contributed by atoms with Crippen LogP contribution in [0.3, 0.4) is 0 Å². The Morgan fingerprint density at radius 3 is 2.89 bits per heavy atom. The Kier molecular flexibility index (Phi) is 2.78. The van der Waals surface area contributed by atoms with Gasteiger partial charge >= 0.3 is 0 Å². The molecule has 18 heavy (non-hydrogen) atoms. The number of aromatic nitrogens is 2. The summed E-state index contributed by atoms with van der Waals surface area (Å²) in [4.78, 5) is 2.27. The Labute approximate surface area is 104 Å². The molecule has 1 aromatic heterocycles. The van der Waals surface area contributed by atoms with E-state index in [-0.39, 0.29) is 0 Å². The van der Waals surface area contributed by atoms with E-state index in [1.807, 2.05) is 0 Å². The fourth-order valence-electron chi connectivity index (χ4n) is 2.30. The molecule has 0 spiro atoms. The van der Waals surface area contributed by atoms with Gasteiger partial charge in [-0.3, -0.25) is 5.10 Å². The first-order chi connectivity index (χ1) is 8.65. The van der Waals surface area contributed by atoms with Gasteiger partial charge in [0, 0.05) is 36.8 Å². The van der Waals surface area contributed by atoms with Gasteiger partial charge in [0.2, 0.25) is 0 Å². The number of hydrogen-bond donors (Lipinski definition) is 1. The van der Waals surface area contributed by atoms with Gasteiger partial charge in [-0.05, 0) is 19.9 Å². The molecule has 0 unspecified atom stereocenters. The molecule has 0 radical (unpaired) electrons. The van der Waals surface area contributed by atoms with Gasteiger partial charge in [-0.1, -0.05) is 0 Å². The predicted octanol–water partition coefficient (Wildman–Crippen LogP) is 2.48. The van der Waals surface area contributed by atoms with E-state index in [0.717, 1.165) is 18.3 Å². The van der Waals surface area contributed by atoms with Gasteiger partial charge in [0.25, 0.3) is 0 Å². The topological polar surface area (TPSA) is 31.9 Å². The molecule has 0 amide bonds. The fraction of sp³-hybridized carbons (Fsp3) is 0.462. The van der Waals surface area contributed by atoms with Crippen LogP contribution in [0.2, 0.25) is 0 Å². The molecule has 1 N–H and O–H groups in total. The number of hydrogen-bond acceptors (Lipinski definition) is 2. The zero-order chi connectivity index (χ0) is 12.7. The summed E-state index contributed by atoms with van der Waals surface area (Å²) in [7, 11) is 2.08. The Morgan fingerprint density at radius 1 is 1.39 bits per heavy atom. The molecule has 1 saturated carbocycles. The average Bonchev–Trinajstić information content (AvgIpc) is 3.08. The van der Waals surface area contributed by atoms with Crippen LogP contribution < -0.4 is 0 Å². The first kappa shape index (κ1) is 11.6. The maximum atomic E-state index is 13.7. The van der Waals surface area contributed by atoms with Crippen LogP contribution in [-0.4, -0.2) is 34.7 Å². The van der Waals surface area contributed by atoms with Gasteiger partial charge in [-0.25, -0.2) is 8.78 Å². The third kappa shape index (κ3) is 2.10. The number of rotatable bonds is 4. The van der Waals surface area contributed by atoms with Crippen LogP contribution in [0, 0.1) is 11.6 Å². The normalized spacial score (nSPS) is 15.8. The zero-order valence-corrected chi connectivity index (χ0v) is 10.2. The van der Waals surface area contributed by atoms with Gasteiger partial charge in [-0.15, -0.1) is 0 Å². The van der Waals surface area contributed by atoms with Crippen LogP contribution in [0.4, 0.5) is 8.78 Å². The third-order valence-electron chi connectivity index (χ3n) is 3.53. The number of aromatic amines is 1. The monoisotopic (exact) mass is 251 g/mol. The van der Waals surface area contributed by atoms with Gasteiger partial charge in [0.1, 0.15) is 11.6 Å². The van der Waals surface area contributed by atoms with Crippen molar-refractivity contribution < 1.29 is 8.78 Å². The highest BCUT2D eigenvalue weighted by molar-refractivity contribution is 5.82. The van der Waals surface area contributed by atoms with Crippen LogP contribution >= 0.6 is 0 Å². The second kappa shape index (κ2) is 4.31. The summed E-state index contributed by atoms with van der Waals surface area (Å²) in [5, 5.41) is 7.19. The zero-order valence-electron chi connectivity index (χ0n) is 10.2. The van der Waals surface area contributed by atoms with Gasteiger partial charge in [-0.2, -0.15) is 5.10 Å². The molecular formula is C13H15F2N3. The molecule has 2 aromatic rings. The fourth-order valence-corrected chi connectivity index (χ4v) is 2.30. The van der Waals surface area contributed by atoms with Crippen LogP contribution in [0.25, 0.3) is 10.9 Å². The summed E-state index contributed by atoms with van der Waals surface area (Å²) in [6.45, 7) is 0.860. The first-order valence-corrected chi connectivity index (χ1v) is 6.17. The molecule has 1 fully saturated rings. The SMILES string of the molecule is CN(CCc1[nH]nc2cc(F)cc(F)c12)C1CC1. The molecule has 1 aliphatic rings. The van der Waals surface area contributed by atoms with Crippen molar-refractivity contribution in [3.8, 4) is 0 Å². The van der Waals surface area contributed by atoms with E-state index < -0.39 is 11.6 Å². The highest BCUT2D eigenvalue weighted by atomic mass is 19.1. The minimum Gasteiger partial charge on any atom is -0.303 e. The summed E-state index contributed by atoms with van der Waals surface area (Å²) in [5.41, 5.74) is 1.10. The molecule has 5 heteroatoms. The number of benzene rings is 1. The molecule has 0 aliphatic heterocycles. The van der Waals surface area contributed by atoms with Gasteiger partial charge in [0.05, 0.1) is 10.9 Å². The molecule has 1 aromatic carbocycles. The molecule has 0 bridgehead atoms. The van der Waals surface area contributed by atoms with E-state index >= 15 is 0 Å². The van der Waals surface area contributed by atoms with Gasteiger partial charge < -0.3 is 4.90 Å². The molecule has 1 heterocycles. The minimum atomic E-state index is -0.590. The highest BCUT2D eigenvalue weighted by Gasteiger charge is 2.25. The van der Waals surface area contributed by atoms with Crippen molar-refractivity contribution in [1.82, 2.24) is 15.1 Å². The maximum Gasteiger partial charge on any atom is 0.137 e. The van der Waals surface area contributed by atoms with Crippen LogP contribution in [0.15, 0.2) is 12.1 Å². The van der Waals surface area contributed by atoms with E-state index in [1.54, 1.807) is 0 Å². The van der Waals surface area contributed by atoms with Crippen LogP contribution in [0.1, 0.15) is 18.5 Å². The molecule has 0 atom stereocenters. The van der Waals surface area contributed by atoms with Crippen molar-refractivity contribution in [3.63, 3.8) is 0 Å². The Morgan fingerprint density at radius 2 is 2.17 bits per heavy atom. The summed E-state index contributed by atoms with van der Waals surface area (Å²) in [6.07, 6.45) is 3.20. The molecule has 3 nitrogen and oxygen atoms in total. The molecular weight excluding hydrogens is 236 g/mol. The molecule has 96 valence electrons. The summed E-state index contributed by atoms with van der Waals surface area (Å²) >= 11 is 0. The first-order valence-electron chi connectivity index (χ1n) is 6.17. The number of halogens is 2. The molecule has 3 rings (SSSR count). The highest BCUT2D eigenvalue weighted by Crippen LogP contribution is 2.26. The Hall–Kier alpha value is -1.49. The Balaban J connectivity index is 1.83.